The van der Waals surface area contributed by atoms with Crippen molar-refractivity contribution < 1.29 is 0 Å². The first-order chi connectivity index (χ1) is 13.3. The van der Waals surface area contributed by atoms with E-state index in [1.807, 2.05) is 42.6 Å². The Hall–Kier alpha value is -1.85. The molecule has 0 aliphatic carbocycles. The molecule has 0 unspecified atom stereocenters. The van der Waals surface area contributed by atoms with Crippen molar-refractivity contribution in [3.63, 3.8) is 0 Å². The average Bonchev–Trinajstić information content (AvgIpc) is 2.74. The number of nitrogens with one attached hydrogen (secondary N) is 2. The van der Waals surface area contributed by atoms with Crippen LogP contribution in [0.1, 0.15) is 29.7 Å². The fraction of sp³-hybridized carbons (Fsp3) is 0.273. The predicted molar refractivity (Wildman–Crippen MR) is 125 cm³/mol. The zero-order chi connectivity index (χ0) is 18.5. The van der Waals surface area contributed by atoms with Crippen LogP contribution in [0.15, 0.2) is 66.9 Å². The van der Waals surface area contributed by atoms with E-state index in [-0.39, 0.29) is 30.2 Å². The Labute approximate surface area is 189 Å². The minimum atomic E-state index is -0.185. The first kappa shape index (κ1) is 23.4. The van der Waals surface area contributed by atoms with E-state index in [2.05, 4.69) is 39.9 Å². The average molecular weight is 452 g/mol. The fourth-order valence-corrected chi connectivity index (χ4v) is 4.17. The van der Waals surface area contributed by atoms with Gasteiger partial charge in [-0.3, -0.25) is 0 Å². The highest BCUT2D eigenvalue weighted by atomic mass is 35.5. The van der Waals surface area contributed by atoms with E-state index >= 15 is 0 Å². The molecule has 1 aliphatic rings. The zero-order valence-corrected chi connectivity index (χ0v) is 18.4. The molecular weight excluding hydrogens is 427 g/mol. The van der Waals surface area contributed by atoms with Gasteiger partial charge in [0.05, 0.1) is 5.69 Å². The van der Waals surface area contributed by atoms with Gasteiger partial charge in [0.25, 0.3) is 0 Å². The van der Waals surface area contributed by atoms with Gasteiger partial charge in [-0.05, 0) is 49.2 Å². The number of aromatic nitrogens is 2. The van der Waals surface area contributed by atoms with Gasteiger partial charge in [-0.2, -0.15) is 0 Å². The van der Waals surface area contributed by atoms with Gasteiger partial charge in [0.1, 0.15) is 0 Å². The summed E-state index contributed by atoms with van der Waals surface area (Å²) in [6, 6.07) is 20.4. The number of hydrogen-bond acceptors (Lipinski definition) is 4. The van der Waals surface area contributed by atoms with Gasteiger partial charge in [-0.15, -0.1) is 24.8 Å². The molecule has 0 spiro atoms. The lowest BCUT2D eigenvalue weighted by atomic mass is 9.70. The highest BCUT2D eigenvalue weighted by Gasteiger charge is 2.38. The van der Waals surface area contributed by atoms with E-state index in [9.17, 15) is 0 Å². The van der Waals surface area contributed by atoms with Crippen LogP contribution in [-0.4, -0.2) is 23.1 Å². The summed E-state index contributed by atoms with van der Waals surface area (Å²) < 4.78 is 0. The number of piperidine rings is 1. The first-order valence-corrected chi connectivity index (χ1v) is 9.73. The Morgan fingerprint density at radius 3 is 2.34 bits per heavy atom. The molecule has 0 radical (unpaired) electrons. The van der Waals surface area contributed by atoms with Crippen molar-refractivity contribution in [2.75, 3.05) is 18.4 Å². The predicted octanol–water partition coefficient (Wildman–Crippen LogP) is 5.26. The Balaban J connectivity index is 0.00000150. The summed E-state index contributed by atoms with van der Waals surface area (Å²) in [6.45, 7) is 2.59. The van der Waals surface area contributed by atoms with Crippen molar-refractivity contribution in [1.82, 2.24) is 15.3 Å². The summed E-state index contributed by atoms with van der Waals surface area (Å²) in [5.41, 5.74) is 3.20. The molecule has 2 aromatic carbocycles. The van der Waals surface area contributed by atoms with Crippen LogP contribution >= 0.6 is 36.4 Å². The van der Waals surface area contributed by atoms with E-state index in [1.165, 1.54) is 5.56 Å². The molecule has 7 heteroatoms. The molecule has 29 heavy (non-hydrogen) atoms. The van der Waals surface area contributed by atoms with Gasteiger partial charge in [0.2, 0.25) is 5.95 Å². The van der Waals surface area contributed by atoms with Crippen LogP contribution in [0.3, 0.4) is 0 Å². The van der Waals surface area contributed by atoms with Crippen molar-refractivity contribution >= 4 is 42.4 Å². The third kappa shape index (κ3) is 5.20. The maximum Gasteiger partial charge on any atom is 0.223 e. The normalized spacial score (nSPS) is 14.9. The van der Waals surface area contributed by atoms with E-state index in [0.717, 1.165) is 42.2 Å². The third-order valence-electron chi connectivity index (χ3n) is 5.29. The lowest BCUT2D eigenvalue weighted by molar-refractivity contribution is 0.354. The molecule has 0 amide bonds. The summed E-state index contributed by atoms with van der Waals surface area (Å²) in [4.78, 5) is 9.32. The monoisotopic (exact) mass is 450 g/mol. The van der Waals surface area contributed by atoms with Crippen molar-refractivity contribution in [1.29, 1.82) is 0 Å². The van der Waals surface area contributed by atoms with Crippen LogP contribution in [0.2, 0.25) is 5.02 Å². The van der Waals surface area contributed by atoms with Crippen LogP contribution in [0.5, 0.6) is 0 Å². The van der Waals surface area contributed by atoms with E-state index in [1.54, 1.807) is 0 Å². The van der Waals surface area contributed by atoms with E-state index in [4.69, 9.17) is 16.6 Å². The summed E-state index contributed by atoms with van der Waals surface area (Å²) >= 11 is 6.60. The van der Waals surface area contributed by atoms with Gasteiger partial charge < -0.3 is 10.6 Å². The van der Waals surface area contributed by atoms with E-state index < -0.39 is 0 Å². The van der Waals surface area contributed by atoms with E-state index in [0.29, 0.717) is 12.5 Å². The maximum absolute atomic E-state index is 6.60. The second kappa shape index (κ2) is 10.8. The van der Waals surface area contributed by atoms with Gasteiger partial charge in [0.15, 0.2) is 0 Å². The standard InChI is InChI=1S/C22H23ClN4.2ClH/c23-19-9-5-4-8-18(19)22(11-14-24-15-12-22)20-10-13-25-21(27-20)26-16-17-6-2-1-3-7-17;;/h1-10,13,24H,11-12,14-16H2,(H,25,26,27);2*1H. The fourth-order valence-electron chi connectivity index (χ4n) is 3.85. The SMILES string of the molecule is Cl.Cl.Clc1ccccc1C1(c2ccnc(NCc3ccccc3)n2)CCNCC1. The Morgan fingerprint density at radius 1 is 0.931 bits per heavy atom. The zero-order valence-electron chi connectivity index (χ0n) is 16.0. The Morgan fingerprint density at radius 2 is 1.62 bits per heavy atom. The summed E-state index contributed by atoms with van der Waals surface area (Å²) in [6.07, 6.45) is 3.77. The molecule has 1 aromatic heterocycles. The van der Waals surface area contributed by atoms with Gasteiger partial charge in [0, 0.05) is 23.2 Å². The van der Waals surface area contributed by atoms with Crippen LogP contribution in [0.25, 0.3) is 0 Å². The molecule has 2 N–H and O–H groups in total. The van der Waals surface area contributed by atoms with Crippen molar-refractivity contribution in [2.24, 2.45) is 0 Å². The molecule has 0 atom stereocenters. The van der Waals surface area contributed by atoms with Crippen molar-refractivity contribution in [3.8, 4) is 0 Å². The minimum absolute atomic E-state index is 0. The third-order valence-corrected chi connectivity index (χ3v) is 5.62. The number of hydrogen-bond donors (Lipinski definition) is 2. The molecule has 1 saturated heterocycles. The quantitative estimate of drug-likeness (QED) is 0.556. The summed E-state index contributed by atoms with van der Waals surface area (Å²) in [7, 11) is 0. The molecular formula is C22H25Cl3N4. The van der Waals surface area contributed by atoms with Crippen LogP contribution < -0.4 is 10.6 Å². The second-order valence-corrected chi connectivity index (χ2v) is 7.32. The number of nitrogens with zero attached hydrogens (tertiary/aromatic N) is 2. The van der Waals surface area contributed by atoms with Gasteiger partial charge in [-0.25, -0.2) is 9.97 Å². The number of halogens is 3. The summed E-state index contributed by atoms with van der Waals surface area (Å²) in [5.74, 6) is 0.654. The van der Waals surface area contributed by atoms with Crippen LogP contribution in [0, 0.1) is 0 Å². The Kier molecular flexibility index (Phi) is 8.72. The molecule has 3 aromatic rings. The minimum Gasteiger partial charge on any atom is -0.350 e. The molecule has 4 nitrogen and oxygen atoms in total. The highest BCUT2D eigenvalue weighted by Crippen LogP contribution is 2.42. The molecule has 154 valence electrons. The smallest absolute Gasteiger partial charge is 0.223 e. The van der Waals surface area contributed by atoms with Crippen molar-refractivity contribution in [3.05, 3.63) is 88.7 Å². The second-order valence-electron chi connectivity index (χ2n) is 6.92. The van der Waals surface area contributed by atoms with Crippen LogP contribution in [-0.2, 0) is 12.0 Å². The lowest BCUT2D eigenvalue weighted by Gasteiger charge is -2.38. The Bertz CT molecular complexity index is 899. The molecule has 1 fully saturated rings. The number of benzene rings is 2. The number of anilines is 1. The summed E-state index contributed by atoms with van der Waals surface area (Å²) in [5, 5.41) is 7.61. The van der Waals surface area contributed by atoms with Crippen molar-refractivity contribution in [2.45, 2.75) is 24.8 Å². The lowest BCUT2D eigenvalue weighted by Crippen LogP contribution is -2.41. The molecule has 0 bridgehead atoms. The molecule has 4 rings (SSSR count). The van der Waals surface area contributed by atoms with Crippen LogP contribution in [0.4, 0.5) is 5.95 Å². The molecule has 2 heterocycles. The largest absolute Gasteiger partial charge is 0.350 e. The number of rotatable bonds is 5. The molecule has 1 aliphatic heterocycles. The van der Waals surface area contributed by atoms with Gasteiger partial charge >= 0.3 is 0 Å². The maximum atomic E-state index is 6.60. The molecule has 0 saturated carbocycles. The topological polar surface area (TPSA) is 49.8 Å². The first-order valence-electron chi connectivity index (χ1n) is 9.35. The highest BCUT2D eigenvalue weighted by molar-refractivity contribution is 6.31. The van der Waals surface area contributed by atoms with Gasteiger partial charge in [-0.1, -0.05) is 60.1 Å².